The molecule has 0 heterocycles. The van der Waals surface area contributed by atoms with Gasteiger partial charge in [-0.3, -0.25) is 0 Å². The van der Waals surface area contributed by atoms with E-state index in [0.29, 0.717) is 5.75 Å². The summed E-state index contributed by atoms with van der Waals surface area (Å²) in [5.74, 6) is -0.0941. The number of esters is 1. The third-order valence-electron chi connectivity index (χ3n) is 2.48. The van der Waals surface area contributed by atoms with E-state index in [1.807, 2.05) is 19.1 Å². The van der Waals surface area contributed by atoms with Crippen molar-refractivity contribution in [3.63, 3.8) is 0 Å². The molecule has 0 aliphatic heterocycles. The average molecular weight is 339 g/mol. The lowest BCUT2D eigenvalue weighted by atomic mass is 10.2. The fraction of sp³-hybridized carbons (Fsp3) is 0.133. The summed E-state index contributed by atoms with van der Waals surface area (Å²) in [4.78, 5) is 11.6. The molecule has 2 aromatic rings. The molecule has 0 saturated carbocycles. The van der Waals surface area contributed by atoms with Gasteiger partial charge >= 0.3 is 5.97 Å². The first kappa shape index (κ1) is 14.5. The van der Waals surface area contributed by atoms with Gasteiger partial charge in [0.2, 0.25) is 0 Å². The zero-order valence-electron chi connectivity index (χ0n) is 10.7. The quantitative estimate of drug-likeness (QED) is 0.626. The van der Waals surface area contributed by atoms with Gasteiger partial charge in [-0.1, -0.05) is 6.07 Å². The lowest BCUT2D eigenvalue weighted by Gasteiger charge is -2.08. The van der Waals surface area contributed by atoms with Crippen LogP contribution in [-0.2, 0) is 4.79 Å². The summed E-state index contributed by atoms with van der Waals surface area (Å²) in [6, 6.07) is 10.8. The molecule has 0 unspecified atom stereocenters. The van der Waals surface area contributed by atoms with Crippen LogP contribution in [0.2, 0.25) is 0 Å². The van der Waals surface area contributed by atoms with E-state index in [9.17, 15) is 9.18 Å². The highest BCUT2D eigenvalue weighted by molar-refractivity contribution is 9.10. The van der Waals surface area contributed by atoms with E-state index in [1.54, 1.807) is 6.07 Å². The highest BCUT2D eigenvalue weighted by Crippen LogP contribution is 2.25. The number of carbonyl (C=O) groups is 1. The third-order valence-corrected chi connectivity index (χ3v) is 3.10. The maximum absolute atomic E-state index is 12.7. The Morgan fingerprint density at radius 3 is 2.55 bits per heavy atom. The summed E-state index contributed by atoms with van der Waals surface area (Å²) < 4.78 is 23.8. The van der Waals surface area contributed by atoms with E-state index >= 15 is 0 Å². The van der Waals surface area contributed by atoms with Crippen molar-refractivity contribution < 1.29 is 18.7 Å². The van der Waals surface area contributed by atoms with Crippen LogP contribution in [0.15, 0.2) is 46.9 Å². The smallest absolute Gasteiger partial charge is 0.349 e. The first-order chi connectivity index (χ1) is 9.54. The van der Waals surface area contributed by atoms with Crippen molar-refractivity contribution in [2.24, 2.45) is 0 Å². The van der Waals surface area contributed by atoms with Crippen molar-refractivity contribution in [3.8, 4) is 11.5 Å². The van der Waals surface area contributed by atoms with Crippen molar-refractivity contribution in [1.82, 2.24) is 0 Å². The van der Waals surface area contributed by atoms with Crippen molar-refractivity contribution in [2.45, 2.75) is 6.92 Å². The average Bonchev–Trinajstić information content (AvgIpc) is 2.40. The SMILES string of the molecule is Cc1ccc(OCC(=O)Oc2ccc(F)cc2)c(Br)c1. The van der Waals surface area contributed by atoms with Crippen LogP contribution in [0, 0.1) is 12.7 Å². The Hall–Kier alpha value is -1.88. The Morgan fingerprint density at radius 2 is 1.90 bits per heavy atom. The molecule has 3 nitrogen and oxygen atoms in total. The van der Waals surface area contributed by atoms with Crippen LogP contribution in [0.3, 0.4) is 0 Å². The van der Waals surface area contributed by atoms with Gasteiger partial charge in [-0.15, -0.1) is 0 Å². The summed E-state index contributed by atoms with van der Waals surface area (Å²) in [6.07, 6.45) is 0. The molecule has 2 rings (SSSR count). The minimum atomic E-state index is -0.552. The predicted molar refractivity (Wildman–Crippen MR) is 76.4 cm³/mol. The van der Waals surface area contributed by atoms with Gasteiger partial charge < -0.3 is 9.47 Å². The lowest BCUT2D eigenvalue weighted by Crippen LogP contribution is -2.17. The fourth-order valence-corrected chi connectivity index (χ4v) is 2.13. The summed E-state index contributed by atoms with van der Waals surface area (Å²) >= 11 is 3.35. The molecule has 0 fully saturated rings. The van der Waals surface area contributed by atoms with Gasteiger partial charge in [0.15, 0.2) is 6.61 Å². The number of carbonyl (C=O) groups excluding carboxylic acids is 1. The van der Waals surface area contributed by atoms with Crippen LogP contribution in [0.5, 0.6) is 11.5 Å². The first-order valence-corrected chi connectivity index (χ1v) is 6.69. The van der Waals surface area contributed by atoms with Gasteiger partial charge in [0.1, 0.15) is 17.3 Å². The Balaban J connectivity index is 1.90. The number of hydrogen-bond acceptors (Lipinski definition) is 3. The van der Waals surface area contributed by atoms with E-state index < -0.39 is 5.97 Å². The summed E-state index contributed by atoms with van der Waals surface area (Å²) in [7, 11) is 0. The molecule has 20 heavy (non-hydrogen) atoms. The minimum Gasteiger partial charge on any atom is -0.481 e. The zero-order chi connectivity index (χ0) is 14.5. The molecule has 0 N–H and O–H groups in total. The normalized spacial score (nSPS) is 10.2. The number of rotatable bonds is 4. The number of ether oxygens (including phenoxy) is 2. The zero-order valence-corrected chi connectivity index (χ0v) is 12.3. The van der Waals surface area contributed by atoms with Gasteiger partial charge in [-0.05, 0) is 64.8 Å². The topological polar surface area (TPSA) is 35.5 Å². The van der Waals surface area contributed by atoms with E-state index in [1.165, 1.54) is 24.3 Å². The molecule has 0 spiro atoms. The second kappa shape index (κ2) is 6.52. The maximum atomic E-state index is 12.7. The van der Waals surface area contributed by atoms with Gasteiger partial charge in [0.25, 0.3) is 0 Å². The number of benzene rings is 2. The first-order valence-electron chi connectivity index (χ1n) is 5.90. The Morgan fingerprint density at radius 1 is 1.20 bits per heavy atom. The second-order valence-corrected chi connectivity index (χ2v) is 5.00. The summed E-state index contributed by atoms with van der Waals surface area (Å²) in [5, 5.41) is 0. The van der Waals surface area contributed by atoms with Crippen LogP contribution in [0.25, 0.3) is 0 Å². The molecule has 0 aliphatic carbocycles. The van der Waals surface area contributed by atoms with Crippen LogP contribution in [-0.4, -0.2) is 12.6 Å². The maximum Gasteiger partial charge on any atom is 0.349 e. The molecule has 5 heteroatoms. The van der Waals surface area contributed by atoms with Crippen LogP contribution >= 0.6 is 15.9 Å². The van der Waals surface area contributed by atoms with E-state index in [2.05, 4.69) is 15.9 Å². The molecule has 0 amide bonds. The number of halogens is 2. The molecule has 0 atom stereocenters. The van der Waals surface area contributed by atoms with Crippen molar-refractivity contribution in [3.05, 3.63) is 58.3 Å². The van der Waals surface area contributed by atoms with Gasteiger partial charge in [0, 0.05) is 0 Å². The van der Waals surface area contributed by atoms with E-state index in [0.717, 1.165) is 10.0 Å². The minimum absolute atomic E-state index is 0.223. The van der Waals surface area contributed by atoms with Gasteiger partial charge in [0.05, 0.1) is 4.47 Å². The summed E-state index contributed by atoms with van der Waals surface area (Å²) in [5.41, 5.74) is 1.08. The van der Waals surface area contributed by atoms with Crippen LogP contribution in [0.1, 0.15) is 5.56 Å². The molecule has 0 aromatic heterocycles. The van der Waals surface area contributed by atoms with Crippen LogP contribution in [0.4, 0.5) is 4.39 Å². The molecule has 0 radical (unpaired) electrons. The van der Waals surface area contributed by atoms with Crippen LogP contribution < -0.4 is 9.47 Å². The largest absolute Gasteiger partial charge is 0.481 e. The van der Waals surface area contributed by atoms with Crippen molar-refractivity contribution in [1.29, 1.82) is 0 Å². The Labute approximate surface area is 124 Å². The van der Waals surface area contributed by atoms with Gasteiger partial charge in [-0.2, -0.15) is 0 Å². The van der Waals surface area contributed by atoms with Crippen molar-refractivity contribution in [2.75, 3.05) is 6.61 Å². The number of hydrogen-bond donors (Lipinski definition) is 0. The highest BCUT2D eigenvalue weighted by atomic mass is 79.9. The van der Waals surface area contributed by atoms with Crippen molar-refractivity contribution >= 4 is 21.9 Å². The predicted octanol–water partition coefficient (Wildman–Crippen LogP) is 3.88. The third kappa shape index (κ3) is 4.06. The van der Waals surface area contributed by atoms with E-state index in [-0.39, 0.29) is 18.2 Å². The van der Waals surface area contributed by atoms with Gasteiger partial charge in [-0.25, -0.2) is 9.18 Å². The molecule has 0 saturated heterocycles. The molecule has 2 aromatic carbocycles. The monoisotopic (exact) mass is 338 g/mol. The fourth-order valence-electron chi connectivity index (χ4n) is 1.52. The molecule has 104 valence electrons. The highest BCUT2D eigenvalue weighted by Gasteiger charge is 2.08. The standard InChI is InChI=1S/C15H12BrFO3/c1-10-2-7-14(13(16)8-10)19-9-15(18)20-12-5-3-11(17)4-6-12/h2-8H,9H2,1H3. The Bertz CT molecular complexity index is 611. The molecular formula is C15H12BrFO3. The molecular weight excluding hydrogens is 327 g/mol. The molecule has 0 bridgehead atoms. The number of aryl methyl sites for hydroxylation is 1. The van der Waals surface area contributed by atoms with E-state index in [4.69, 9.17) is 9.47 Å². The lowest BCUT2D eigenvalue weighted by molar-refractivity contribution is -0.136. The summed E-state index contributed by atoms with van der Waals surface area (Å²) in [6.45, 7) is 1.73. The second-order valence-electron chi connectivity index (χ2n) is 4.15. The Kier molecular flexibility index (Phi) is 4.74. The molecule has 0 aliphatic rings.